The van der Waals surface area contributed by atoms with Crippen LogP contribution in [0.2, 0.25) is 0 Å². The third-order valence-electron chi connectivity index (χ3n) is 4.00. The zero-order valence-electron chi connectivity index (χ0n) is 14.7. The number of allylic oxidation sites excluding steroid dienone is 2. The molecule has 1 aliphatic heterocycles. The summed E-state index contributed by atoms with van der Waals surface area (Å²) in [5, 5.41) is 2.96. The van der Waals surface area contributed by atoms with Crippen molar-refractivity contribution >= 4 is 17.8 Å². The van der Waals surface area contributed by atoms with Crippen LogP contribution in [0.1, 0.15) is 28.4 Å². The Balaban J connectivity index is 1.79. The number of benzene rings is 2. The molecule has 0 aliphatic carbocycles. The molecule has 0 fully saturated rings. The van der Waals surface area contributed by atoms with Crippen LogP contribution in [-0.4, -0.2) is 17.0 Å². The highest BCUT2D eigenvalue weighted by Crippen LogP contribution is 2.26. The molecule has 1 N–H and O–H groups in total. The summed E-state index contributed by atoms with van der Waals surface area (Å²) in [6.45, 7) is 6.46. The van der Waals surface area contributed by atoms with Gasteiger partial charge in [-0.3, -0.25) is 9.79 Å². The lowest BCUT2D eigenvalue weighted by molar-refractivity contribution is 0.0951. The van der Waals surface area contributed by atoms with E-state index in [0.717, 1.165) is 22.5 Å². The molecule has 1 aliphatic rings. The minimum absolute atomic E-state index is 0.105. The first-order chi connectivity index (χ1) is 12.7. The van der Waals surface area contributed by atoms with Gasteiger partial charge in [0.1, 0.15) is 0 Å². The van der Waals surface area contributed by atoms with Gasteiger partial charge < -0.3 is 10.2 Å². The molecule has 4 nitrogen and oxygen atoms in total. The second-order valence-corrected chi connectivity index (χ2v) is 5.89. The summed E-state index contributed by atoms with van der Waals surface area (Å²) < 4.78 is 0. The summed E-state index contributed by atoms with van der Waals surface area (Å²) in [5.41, 5.74) is 4.25. The first-order valence-corrected chi connectivity index (χ1v) is 8.46. The molecule has 0 spiro atoms. The van der Waals surface area contributed by atoms with Crippen molar-refractivity contribution in [2.45, 2.75) is 13.5 Å². The lowest BCUT2D eigenvalue weighted by Gasteiger charge is -2.26. The van der Waals surface area contributed by atoms with Gasteiger partial charge in [0.2, 0.25) is 0 Å². The summed E-state index contributed by atoms with van der Waals surface area (Å²) in [7, 11) is 0. The van der Waals surface area contributed by atoms with E-state index in [2.05, 4.69) is 16.9 Å². The van der Waals surface area contributed by atoms with Gasteiger partial charge in [-0.1, -0.05) is 55.1 Å². The van der Waals surface area contributed by atoms with E-state index in [1.807, 2.05) is 78.7 Å². The SMILES string of the molecule is C=C1C=NC=C(c2cccc(C(=O)NCc3ccccc3)c2)N1/C=C\C. The van der Waals surface area contributed by atoms with Crippen molar-refractivity contribution in [3.05, 3.63) is 102 Å². The van der Waals surface area contributed by atoms with Crippen LogP contribution in [-0.2, 0) is 6.54 Å². The van der Waals surface area contributed by atoms with Crippen molar-refractivity contribution in [2.75, 3.05) is 0 Å². The van der Waals surface area contributed by atoms with E-state index in [9.17, 15) is 4.79 Å². The Morgan fingerprint density at radius 3 is 2.77 bits per heavy atom. The molecular weight excluding hydrogens is 322 g/mol. The minimum Gasteiger partial charge on any atom is -0.348 e. The number of aliphatic imine (C=N–C) groups is 1. The quantitative estimate of drug-likeness (QED) is 0.877. The lowest BCUT2D eigenvalue weighted by Crippen LogP contribution is -2.23. The zero-order chi connectivity index (χ0) is 18.4. The number of hydrogen-bond acceptors (Lipinski definition) is 3. The molecule has 2 aromatic rings. The fourth-order valence-electron chi connectivity index (χ4n) is 2.71. The van der Waals surface area contributed by atoms with Crippen LogP contribution in [0.3, 0.4) is 0 Å². The molecule has 3 rings (SSSR count). The molecule has 0 saturated carbocycles. The number of hydrogen-bond donors (Lipinski definition) is 1. The molecule has 0 unspecified atom stereocenters. The van der Waals surface area contributed by atoms with E-state index in [1.54, 1.807) is 12.4 Å². The molecule has 26 heavy (non-hydrogen) atoms. The Bertz CT molecular complexity index is 895. The molecule has 0 radical (unpaired) electrons. The Kier molecular flexibility index (Phi) is 5.44. The van der Waals surface area contributed by atoms with Crippen molar-refractivity contribution in [1.82, 2.24) is 10.2 Å². The molecule has 1 heterocycles. The van der Waals surface area contributed by atoms with Crippen LogP contribution >= 0.6 is 0 Å². The van der Waals surface area contributed by atoms with Crippen LogP contribution in [0.25, 0.3) is 5.70 Å². The van der Waals surface area contributed by atoms with Crippen molar-refractivity contribution in [3.63, 3.8) is 0 Å². The number of carbonyl (C=O) groups excluding carboxylic acids is 1. The molecule has 4 heteroatoms. The minimum atomic E-state index is -0.105. The molecule has 130 valence electrons. The first-order valence-electron chi connectivity index (χ1n) is 8.46. The Morgan fingerprint density at radius 2 is 2.00 bits per heavy atom. The van der Waals surface area contributed by atoms with E-state index >= 15 is 0 Å². The van der Waals surface area contributed by atoms with Gasteiger partial charge in [0.05, 0.1) is 23.8 Å². The summed E-state index contributed by atoms with van der Waals surface area (Å²) in [6, 6.07) is 17.4. The number of nitrogens with zero attached hydrogens (tertiary/aromatic N) is 2. The van der Waals surface area contributed by atoms with Gasteiger partial charge in [0.25, 0.3) is 5.91 Å². The van der Waals surface area contributed by atoms with E-state index in [1.165, 1.54) is 0 Å². The highest BCUT2D eigenvalue weighted by Gasteiger charge is 2.16. The van der Waals surface area contributed by atoms with E-state index in [-0.39, 0.29) is 5.91 Å². The largest absolute Gasteiger partial charge is 0.348 e. The highest BCUT2D eigenvalue weighted by atomic mass is 16.1. The van der Waals surface area contributed by atoms with E-state index in [0.29, 0.717) is 12.1 Å². The number of nitrogens with one attached hydrogen (secondary N) is 1. The molecular formula is C22H21N3O. The molecule has 2 aromatic carbocycles. The van der Waals surface area contributed by atoms with Gasteiger partial charge in [-0.15, -0.1) is 0 Å². The van der Waals surface area contributed by atoms with Crippen LogP contribution in [0.5, 0.6) is 0 Å². The number of carbonyl (C=O) groups is 1. The van der Waals surface area contributed by atoms with Crippen molar-refractivity contribution in [1.29, 1.82) is 0 Å². The van der Waals surface area contributed by atoms with Crippen LogP contribution < -0.4 is 5.32 Å². The normalized spacial score (nSPS) is 13.8. The second-order valence-electron chi connectivity index (χ2n) is 5.89. The number of rotatable bonds is 5. The smallest absolute Gasteiger partial charge is 0.251 e. The average molecular weight is 343 g/mol. The van der Waals surface area contributed by atoms with Crippen LogP contribution in [0, 0.1) is 0 Å². The van der Waals surface area contributed by atoms with Gasteiger partial charge >= 0.3 is 0 Å². The summed E-state index contributed by atoms with van der Waals surface area (Å²) >= 11 is 0. The molecule has 0 saturated heterocycles. The Labute approximate surface area is 153 Å². The lowest BCUT2D eigenvalue weighted by atomic mass is 10.1. The summed E-state index contributed by atoms with van der Waals surface area (Å²) in [4.78, 5) is 18.7. The van der Waals surface area contributed by atoms with Gasteiger partial charge in [-0.2, -0.15) is 0 Å². The van der Waals surface area contributed by atoms with Gasteiger partial charge in [-0.05, 0) is 24.6 Å². The third kappa shape index (κ3) is 3.98. The monoisotopic (exact) mass is 343 g/mol. The fourth-order valence-corrected chi connectivity index (χ4v) is 2.71. The molecule has 1 amide bonds. The highest BCUT2D eigenvalue weighted by molar-refractivity contribution is 5.95. The van der Waals surface area contributed by atoms with E-state index < -0.39 is 0 Å². The maximum absolute atomic E-state index is 12.5. The third-order valence-corrected chi connectivity index (χ3v) is 4.00. The fraction of sp³-hybridized carbons (Fsp3) is 0.0909. The van der Waals surface area contributed by atoms with Gasteiger partial charge in [0, 0.05) is 23.9 Å². The van der Waals surface area contributed by atoms with Gasteiger partial charge in [-0.25, -0.2) is 0 Å². The maximum Gasteiger partial charge on any atom is 0.251 e. The predicted octanol–water partition coefficient (Wildman–Crippen LogP) is 4.35. The molecule has 0 bridgehead atoms. The maximum atomic E-state index is 12.5. The standard InChI is InChI=1S/C22H21N3O/c1-3-12-25-17(2)14-23-16-21(25)19-10-7-11-20(13-19)22(26)24-15-18-8-5-4-6-9-18/h3-14,16H,2,15H2,1H3,(H,24,26)/b12-3-. The summed E-state index contributed by atoms with van der Waals surface area (Å²) in [5.74, 6) is -0.105. The van der Waals surface area contributed by atoms with Crippen molar-refractivity contribution in [3.8, 4) is 0 Å². The first kappa shape index (κ1) is 17.4. The molecule has 0 aromatic heterocycles. The average Bonchev–Trinajstić information content (AvgIpc) is 2.69. The van der Waals surface area contributed by atoms with Crippen molar-refractivity contribution in [2.24, 2.45) is 4.99 Å². The second kappa shape index (κ2) is 8.12. The predicted molar refractivity (Wildman–Crippen MR) is 106 cm³/mol. The number of amides is 1. The zero-order valence-corrected chi connectivity index (χ0v) is 14.7. The topological polar surface area (TPSA) is 44.7 Å². The molecule has 0 atom stereocenters. The Morgan fingerprint density at radius 1 is 1.19 bits per heavy atom. The van der Waals surface area contributed by atoms with E-state index in [4.69, 9.17) is 0 Å². The summed E-state index contributed by atoms with van der Waals surface area (Å²) in [6.07, 6.45) is 7.35. The van der Waals surface area contributed by atoms with Gasteiger partial charge in [0.15, 0.2) is 0 Å². The van der Waals surface area contributed by atoms with Crippen LogP contribution in [0.15, 0.2) is 90.3 Å². The van der Waals surface area contributed by atoms with Crippen molar-refractivity contribution < 1.29 is 4.79 Å². The Hall–Kier alpha value is -3.40. The van der Waals surface area contributed by atoms with Crippen LogP contribution in [0.4, 0.5) is 0 Å².